The first kappa shape index (κ1) is 30.8. The molecule has 4 aromatic heterocycles. The summed E-state index contributed by atoms with van der Waals surface area (Å²) in [5, 5.41) is 11.6. The Morgan fingerprint density at radius 3 is 2.54 bits per heavy atom. The van der Waals surface area contributed by atoms with Crippen molar-refractivity contribution in [2.75, 3.05) is 44.2 Å². The smallest absolute Gasteiger partial charge is 0.327 e. The summed E-state index contributed by atoms with van der Waals surface area (Å²) in [6.07, 6.45) is 12.0. The van der Waals surface area contributed by atoms with Crippen molar-refractivity contribution in [3.63, 3.8) is 0 Å². The van der Waals surface area contributed by atoms with Crippen molar-refractivity contribution in [1.82, 2.24) is 44.8 Å². The van der Waals surface area contributed by atoms with E-state index in [2.05, 4.69) is 66.6 Å². The number of hydrogen-bond acceptors (Lipinski definition) is 7. The normalized spacial score (nSPS) is 23.6. The molecule has 4 fully saturated rings. The molecule has 4 aliphatic rings. The number of aromatic nitrogens is 6. The predicted molar refractivity (Wildman–Crippen MR) is 189 cm³/mol. The fraction of sp³-hybridized carbons (Fsp3) is 0.459. The largest absolute Gasteiger partial charge is 0.371 e. The van der Waals surface area contributed by atoms with Crippen molar-refractivity contribution in [3.8, 4) is 0 Å². The lowest BCUT2D eigenvalue weighted by Crippen LogP contribution is -2.56. The van der Waals surface area contributed by atoms with Gasteiger partial charge >= 0.3 is 11.7 Å². The second-order valence-corrected chi connectivity index (χ2v) is 14.9. The molecule has 1 aliphatic carbocycles. The highest BCUT2D eigenvalue weighted by Gasteiger charge is 2.64. The number of urea groups is 1. The number of nitrogens with one attached hydrogen (secondary N) is 3. The van der Waals surface area contributed by atoms with E-state index in [-0.39, 0.29) is 35.0 Å². The minimum atomic E-state index is -1.000. The van der Waals surface area contributed by atoms with Gasteiger partial charge in [-0.25, -0.2) is 14.6 Å². The van der Waals surface area contributed by atoms with Crippen molar-refractivity contribution in [2.45, 2.75) is 62.9 Å². The summed E-state index contributed by atoms with van der Waals surface area (Å²) in [5.41, 5.74) is 4.58. The maximum atomic E-state index is 14.7. The van der Waals surface area contributed by atoms with Crippen LogP contribution in [0.25, 0.3) is 22.1 Å². The van der Waals surface area contributed by atoms with Gasteiger partial charge in [-0.15, -0.1) is 0 Å². The van der Waals surface area contributed by atoms with Gasteiger partial charge in [-0.3, -0.25) is 24.4 Å². The van der Waals surface area contributed by atoms with Crippen LogP contribution in [-0.2, 0) is 4.79 Å². The van der Waals surface area contributed by atoms with E-state index in [1.165, 1.54) is 5.69 Å². The van der Waals surface area contributed by atoms with Crippen molar-refractivity contribution >= 4 is 39.7 Å². The van der Waals surface area contributed by atoms with Gasteiger partial charge in [0.25, 0.3) is 0 Å². The van der Waals surface area contributed by atoms with E-state index >= 15 is 0 Å². The van der Waals surface area contributed by atoms with Gasteiger partial charge in [0, 0.05) is 80.9 Å². The molecular formula is C37H42N10O3. The number of anilines is 1. The Balaban J connectivity index is 0.928. The lowest BCUT2D eigenvalue weighted by atomic mass is 9.77. The Kier molecular flexibility index (Phi) is 7.22. The topological polar surface area (TPSA) is 148 Å². The molecule has 9 rings (SSSR count). The minimum Gasteiger partial charge on any atom is -0.371 e. The zero-order valence-corrected chi connectivity index (χ0v) is 28.3. The van der Waals surface area contributed by atoms with Gasteiger partial charge < -0.3 is 20.0 Å². The van der Waals surface area contributed by atoms with E-state index < -0.39 is 5.54 Å². The molecule has 2 atom stereocenters. The number of benzene rings is 1. The fourth-order valence-electron chi connectivity index (χ4n) is 9.07. The van der Waals surface area contributed by atoms with Gasteiger partial charge in [0.1, 0.15) is 5.54 Å². The van der Waals surface area contributed by atoms with Crippen LogP contribution in [0.3, 0.4) is 0 Å². The zero-order valence-electron chi connectivity index (χ0n) is 28.3. The third-order valence-electron chi connectivity index (χ3n) is 12.0. The number of carbonyl (C=O) groups is 2. The zero-order chi connectivity index (χ0) is 34.0. The Morgan fingerprint density at radius 2 is 1.74 bits per heavy atom. The molecule has 0 bridgehead atoms. The number of piperidine rings is 2. The Morgan fingerprint density at radius 1 is 0.960 bits per heavy atom. The van der Waals surface area contributed by atoms with E-state index in [0.29, 0.717) is 44.5 Å². The van der Waals surface area contributed by atoms with Crippen LogP contribution < -0.4 is 15.9 Å². The highest BCUT2D eigenvalue weighted by molar-refractivity contribution is 5.96. The first-order chi connectivity index (χ1) is 24.3. The number of rotatable bonds is 5. The summed E-state index contributed by atoms with van der Waals surface area (Å²) < 4.78 is 1.78. The number of amides is 3. The molecule has 13 nitrogen and oxygen atoms in total. The quantitative estimate of drug-likeness (QED) is 0.254. The van der Waals surface area contributed by atoms with Crippen LogP contribution in [0, 0.1) is 12.3 Å². The molecule has 5 aromatic rings. The lowest BCUT2D eigenvalue weighted by Gasteiger charge is -2.40. The number of pyridine rings is 2. The summed E-state index contributed by atoms with van der Waals surface area (Å²) in [6, 6.07) is 11.8. The van der Waals surface area contributed by atoms with Gasteiger partial charge in [0.05, 0.1) is 17.2 Å². The molecule has 13 heteroatoms. The van der Waals surface area contributed by atoms with Crippen LogP contribution in [0.2, 0.25) is 0 Å². The summed E-state index contributed by atoms with van der Waals surface area (Å²) in [7, 11) is 0. The number of likely N-dealkylation sites (tertiary alicyclic amines) is 2. The number of nitrogens with zero attached hydrogens (tertiary/aromatic N) is 7. The molecule has 3 aliphatic heterocycles. The summed E-state index contributed by atoms with van der Waals surface area (Å²) in [6.45, 7) is 6.38. The van der Waals surface area contributed by atoms with Crippen molar-refractivity contribution in [3.05, 3.63) is 82.8 Å². The Bertz CT molecular complexity index is 2140. The van der Waals surface area contributed by atoms with E-state index in [1.807, 2.05) is 40.5 Å². The highest BCUT2D eigenvalue weighted by Crippen LogP contribution is 2.54. The number of aromatic amines is 2. The Labute approximate surface area is 289 Å². The molecule has 1 saturated carbocycles. The highest BCUT2D eigenvalue weighted by atomic mass is 16.2. The van der Waals surface area contributed by atoms with Crippen LogP contribution >= 0.6 is 0 Å². The number of hydrogen-bond donors (Lipinski definition) is 3. The van der Waals surface area contributed by atoms with Gasteiger partial charge in [0.15, 0.2) is 5.65 Å². The molecule has 3 amide bonds. The molecule has 1 spiro atoms. The lowest BCUT2D eigenvalue weighted by molar-refractivity contribution is -0.134. The maximum Gasteiger partial charge on any atom is 0.327 e. The van der Waals surface area contributed by atoms with Crippen molar-refractivity contribution < 1.29 is 9.59 Å². The molecule has 3 saturated heterocycles. The van der Waals surface area contributed by atoms with Gasteiger partial charge in [-0.05, 0) is 92.3 Å². The second kappa shape index (κ2) is 11.7. The number of carbonyl (C=O) groups excluding carboxylic acids is 2. The van der Waals surface area contributed by atoms with E-state index in [9.17, 15) is 14.4 Å². The molecule has 3 N–H and O–H groups in total. The number of aryl methyl sites for hydroxylation is 1. The average Bonchev–Trinajstić information content (AvgIpc) is 3.42. The molecular weight excluding hydrogens is 632 g/mol. The fourth-order valence-corrected chi connectivity index (χ4v) is 9.07. The number of H-pyrrole nitrogens is 2. The molecule has 1 aromatic carbocycles. The SMILES string of the molecule is Cc1cc([C@@H]2CC2(NC(=O)N2CCC(n3c(=O)[nH]c4ncccc43)CC2)C(=O)N2CCC3(CCN(c4ccncc4)CC3)C2)cc2cn[nH]c12. The Hall–Kier alpha value is -5.20. The number of fused-ring (bicyclic) bond motifs is 2. The van der Waals surface area contributed by atoms with Gasteiger partial charge in [-0.2, -0.15) is 5.10 Å². The van der Waals surface area contributed by atoms with Crippen LogP contribution in [0.15, 0.2) is 66.0 Å². The molecule has 0 radical (unpaired) electrons. The van der Waals surface area contributed by atoms with Crippen LogP contribution in [0.1, 0.15) is 61.6 Å². The van der Waals surface area contributed by atoms with Crippen LogP contribution in [0.5, 0.6) is 0 Å². The molecule has 258 valence electrons. The standard InChI is InChI=1S/C37H42N10O3/c1-24-19-25(20-26-22-40-43-31(24)26)29-21-37(29,33(48)46-18-10-36(23-46)8-16-44(17-9-36)27-4-12-38-13-5-27)42-35(50)45-14-6-28(7-15-45)47-30-3-2-11-39-32(30)41-34(47)49/h2-5,11-13,19-20,22,28-29H,6-10,14-18,21,23H2,1H3,(H,40,43)(H,42,50)(H,39,41,49)/t29-,37?/m0/s1. The first-order valence-corrected chi connectivity index (χ1v) is 17.8. The van der Waals surface area contributed by atoms with Crippen LogP contribution in [0.4, 0.5) is 10.5 Å². The molecule has 50 heavy (non-hydrogen) atoms. The van der Waals surface area contributed by atoms with Crippen molar-refractivity contribution in [1.29, 1.82) is 0 Å². The monoisotopic (exact) mass is 674 g/mol. The minimum absolute atomic E-state index is 0.0296. The summed E-state index contributed by atoms with van der Waals surface area (Å²) in [4.78, 5) is 59.2. The van der Waals surface area contributed by atoms with Gasteiger partial charge in [-0.1, -0.05) is 6.07 Å². The molecule has 7 heterocycles. The first-order valence-electron chi connectivity index (χ1n) is 17.8. The summed E-state index contributed by atoms with van der Waals surface area (Å²) in [5.74, 6) is -0.0983. The third kappa shape index (κ3) is 5.12. The average molecular weight is 675 g/mol. The predicted octanol–water partition coefficient (Wildman–Crippen LogP) is 4.10. The van der Waals surface area contributed by atoms with E-state index in [0.717, 1.165) is 66.4 Å². The molecule has 1 unspecified atom stereocenters. The van der Waals surface area contributed by atoms with Gasteiger partial charge in [0.2, 0.25) is 5.91 Å². The van der Waals surface area contributed by atoms with E-state index in [1.54, 1.807) is 10.8 Å². The maximum absolute atomic E-state index is 14.7. The third-order valence-corrected chi connectivity index (χ3v) is 12.0. The van der Waals surface area contributed by atoms with Crippen molar-refractivity contribution in [2.24, 2.45) is 5.41 Å². The second-order valence-electron chi connectivity index (χ2n) is 14.9. The van der Waals surface area contributed by atoms with E-state index in [4.69, 9.17) is 0 Å². The number of imidazole rings is 1. The summed E-state index contributed by atoms with van der Waals surface area (Å²) >= 11 is 0. The van der Waals surface area contributed by atoms with Crippen LogP contribution in [-0.4, -0.2) is 96.3 Å².